The van der Waals surface area contributed by atoms with Crippen molar-refractivity contribution >= 4 is 5.82 Å². The van der Waals surface area contributed by atoms with E-state index in [-0.39, 0.29) is 18.1 Å². The minimum Gasteiger partial charge on any atom is -0.395 e. The smallest absolute Gasteiger partial charge is 0.144 e. The molecule has 5 heteroatoms. The van der Waals surface area contributed by atoms with Crippen LogP contribution < -0.4 is 5.32 Å². The summed E-state index contributed by atoms with van der Waals surface area (Å²) < 4.78 is 5.89. The first kappa shape index (κ1) is 15.7. The van der Waals surface area contributed by atoms with Gasteiger partial charge in [0.15, 0.2) is 0 Å². The first-order chi connectivity index (χ1) is 9.89. The lowest BCUT2D eigenvalue weighted by molar-refractivity contribution is -0.0417. The fourth-order valence-electron chi connectivity index (χ4n) is 2.77. The summed E-state index contributed by atoms with van der Waals surface area (Å²) in [6, 6.07) is 2.26. The van der Waals surface area contributed by atoms with Gasteiger partial charge < -0.3 is 15.2 Å². The molecule has 0 unspecified atom stereocenters. The van der Waals surface area contributed by atoms with Crippen molar-refractivity contribution < 1.29 is 9.84 Å². The first-order valence-electron chi connectivity index (χ1n) is 7.34. The number of anilines is 1. The van der Waals surface area contributed by atoms with Gasteiger partial charge in [0, 0.05) is 18.5 Å². The fourth-order valence-corrected chi connectivity index (χ4v) is 2.77. The monoisotopic (exact) mass is 289 g/mol. The minimum atomic E-state index is -0.239. The van der Waals surface area contributed by atoms with E-state index in [9.17, 15) is 5.26 Å². The highest BCUT2D eigenvalue weighted by molar-refractivity contribution is 5.61. The number of aromatic nitrogens is 1. The van der Waals surface area contributed by atoms with Gasteiger partial charge in [-0.05, 0) is 25.3 Å². The van der Waals surface area contributed by atoms with Crippen LogP contribution in [0.4, 0.5) is 5.82 Å². The number of nitrogens with one attached hydrogen (secondary N) is 1. The number of aliphatic hydroxyl groups excluding tert-OH is 1. The molecule has 1 aliphatic rings. The van der Waals surface area contributed by atoms with Crippen LogP contribution in [0.15, 0.2) is 0 Å². The normalized spacial score (nSPS) is 16.4. The molecular weight excluding hydrogens is 266 g/mol. The van der Waals surface area contributed by atoms with Crippen molar-refractivity contribution in [1.29, 1.82) is 5.26 Å². The predicted molar refractivity (Wildman–Crippen MR) is 81.2 cm³/mol. The number of hydrogen-bond acceptors (Lipinski definition) is 5. The number of hydrogen-bond donors (Lipinski definition) is 2. The molecule has 2 rings (SSSR count). The van der Waals surface area contributed by atoms with Gasteiger partial charge in [-0.2, -0.15) is 5.26 Å². The average molecular weight is 289 g/mol. The standard InChI is InChI=1S/C16H23N3O2/c1-10(2)14-11(8-17)15(18-5-6-20)19-13-7-16(3,4)21-9-12(13)14/h10,20H,5-7,9H2,1-4H3,(H,18,19). The Labute approximate surface area is 126 Å². The molecule has 0 atom stereocenters. The molecule has 114 valence electrons. The molecule has 1 aromatic rings. The third-order valence-electron chi connectivity index (χ3n) is 3.72. The van der Waals surface area contributed by atoms with Crippen molar-refractivity contribution in [2.75, 3.05) is 18.5 Å². The molecule has 0 aromatic carbocycles. The van der Waals surface area contributed by atoms with E-state index in [1.807, 2.05) is 13.8 Å². The van der Waals surface area contributed by atoms with Crippen molar-refractivity contribution in [2.45, 2.75) is 52.2 Å². The summed E-state index contributed by atoms with van der Waals surface area (Å²) in [6.45, 7) is 9.14. The molecule has 0 saturated carbocycles. The van der Waals surface area contributed by atoms with E-state index in [0.717, 1.165) is 23.2 Å². The highest BCUT2D eigenvalue weighted by Crippen LogP contribution is 2.36. The highest BCUT2D eigenvalue weighted by Gasteiger charge is 2.31. The second-order valence-corrected chi connectivity index (χ2v) is 6.32. The molecule has 2 N–H and O–H groups in total. The summed E-state index contributed by atoms with van der Waals surface area (Å²) in [5, 5.41) is 21.6. The second-order valence-electron chi connectivity index (χ2n) is 6.32. The van der Waals surface area contributed by atoms with Crippen LogP contribution in [0.25, 0.3) is 0 Å². The summed E-state index contributed by atoms with van der Waals surface area (Å²) in [5.41, 5.74) is 3.39. The van der Waals surface area contributed by atoms with Crippen molar-refractivity contribution in [3.05, 3.63) is 22.4 Å². The van der Waals surface area contributed by atoms with E-state index in [0.29, 0.717) is 24.5 Å². The number of rotatable bonds is 4. The van der Waals surface area contributed by atoms with E-state index in [1.54, 1.807) is 0 Å². The molecule has 0 bridgehead atoms. The number of aliphatic hydroxyl groups is 1. The lowest BCUT2D eigenvalue weighted by atomic mass is 9.87. The van der Waals surface area contributed by atoms with Crippen LogP contribution in [0, 0.1) is 11.3 Å². The molecule has 0 amide bonds. The number of nitrogens with zero attached hydrogens (tertiary/aromatic N) is 2. The van der Waals surface area contributed by atoms with E-state index < -0.39 is 0 Å². The summed E-state index contributed by atoms with van der Waals surface area (Å²) in [4.78, 5) is 4.64. The van der Waals surface area contributed by atoms with Gasteiger partial charge in [-0.25, -0.2) is 4.98 Å². The van der Waals surface area contributed by atoms with Gasteiger partial charge in [-0.3, -0.25) is 0 Å². The third-order valence-corrected chi connectivity index (χ3v) is 3.72. The van der Waals surface area contributed by atoms with Gasteiger partial charge >= 0.3 is 0 Å². The zero-order chi connectivity index (χ0) is 15.6. The molecule has 0 aliphatic carbocycles. The van der Waals surface area contributed by atoms with Gasteiger partial charge in [-0.1, -0.05) is 13.8 Å². The highest BCUT2D eigenvalue weighted by atomic mass is 16.5. The molecule has 21 heavy (non-hydrogen) atoms. The molecule has 0 spiro atoms. The Hall–Kier alpha value is -1.64. The van der Waals surface area contributed by atoms with E-state index >= 15 is 0 Å². The quantitative estimate of drug-likeness (QED) is 0.889. The molecule has 1 aromatic heterocycles. The zero-order valence-corrected chi connectivity index (χ0v) is 13.2. The van der Waals surface area contributed by atoms with Crippen molar-refractivity contribution in [2.24, 2.45) is 0 Å². The Balaban J connectivity index is 2.59. The maximum absolute atomic E-state index is 9.52. The number of fused-ring (bicyclic) bond motifs is 1. The first-order valence-corrected chi connectivity index (χ1v) is 7.34. The third kappa shape index (κ3) is 3.17. The Kier molecular flexibility index (Phi) is 4.50. The minimum absolute atomic E-state index is 0.00918. The lowest BCUT2D eigenvalue weighted by Crippen LogP contribution is -2.34. The molecule has 0 saturated heterocycles. The molecular formula is C16H23N3O2. The van der Waals surface area contributed by atoms with Crippen LogP contribution in [0.5, 0.6) is 0 Å². The van der Waals surface area contributed by atoms with Crippen LogP contribution in [-0.4, -0.2) is 28.8 Å². The number of pyridine rings is 1. The van der Waals surface area contributed by atoms with Crippen LogP contribution >= 0.6 is 0 Å². The van der Waals surface area contributed by atoms with Crippen LogP contribution in [-0.2, 0) is 17.8 Å². The SMILES string of the molecule is CC(C)c1c(C#N)c(NCCO)nc2c1COC(C)(C)C2. The van der Waals surface area contributed by atoms with Gasteiger partial charge in [0.25, 0.3) is 0 Å². The van der Waals surface area contributed by atoms with E-state index in [1.165, 1.54) is 0 Å². The topological polar surface area (TPSA) is 78.2 Å². The lowest BCUT2D eigenvalue weighted by Gasteiger charge is -2.33. The van der Waals surface area contributed by atoms with Crippen LogP contribution in [0.1, 0.15) is 56.0 Å². The summed E-state index contributed by atoms with van der Waals surface area (Å²) in [6.07, 6.45) is 0.724. The van der Waals surface area contributed by atoms with Crippen molar-refractivity contribution in [3.8, 4) is 6.07 Å². The van der Waals surface area contributed by atoms with Gasteiger partial charge in [0.1, 0.15) is 11.9 Å². The summed E-state index contributed by atoms with van der Waals surface area (Å²) in [5.74, 6) is 0.794. The zero-order valence-electron chi connectivity index (χ0n) is 13.2. The predicted octanol–water partition coefficient (Wildman–Crippen LogP) is 2.33. The molecule has 0 radical (unpaired) electrons. The Morgan fingerprint density at radius 2 is 2.19 bits per heavy atom. The van der Waals surface area contributed by atoms with Gasteiger partial charge in [-0.15, -0.1) is 0 Å². The summed E-state index contributed by atoms with van der Waals surface area (Å²) in [7, 11) is 0. The van der Waals surface area contributed by atoms with Gasteiger partial charge in [0.2, 0.25) is 0 Å². The molecule has 2 heterocycles. The Morgan fingerprint density at radius 3 is 2.76 bits per heavy atom. The maximum Gasteiger partial charge on any atom is 0.144 e. The number of ether oxygens (including phenoxy) is 1. The van der Waals surface area contributed by atoms with Crippen LogP contribution in [0.2, 0.25) is 0 Å². The van der Waals surface area contributed by atoms with Crippen LogP contribution in [0.3, 0.4) is 0 Å². The maximum atomic E-state index is 9.52. The van der Waals surface area contributed by atoms with Gasteiger partial charge in [0.05, 0.1) is 30.1 Å². The largest absolute Gasteiger partial charge is 0.395 e. The molecule has 0 fully saturated rings. The Morgan fingerprint density at radius 1 is 1.48 bits per heavy atom. The Bertz CT molecular complexity index is 574. The van der Waals surface area contributed by atoms with E-state index in [2.05, 4.69) is 30.2 Å². The van der Waals surface area contributed by atoms with Crippen molar-refractivity contribution in [1.82, 2.24) is 4.98 Å². The van der Waals surface area contributed by atoms with Crippen molar-refractivity contribution in [3.63, 3.8) is 0 Å². The van der Waals surface area contributed by atoms with E-state index in [4.69, 9.17) is 9.84 Å². The second kappa shape index (κ2) is 6.00. The molecule has 5 nitrogen and oxygen atoms in total. The fraction of sp³-hybridized carbons (Fsp3) is 0.625. The number of nitriles is 1. The molecule has 1 aliphatic heterocycles. The average Bonchev–Trinajstić information content (AvgIpc) is 2.41. The summed E-state index contributed by atoms with van der Waals surface area (Å²) >= 11 is 0.